The van der Waals surface area contributed by atoms with Crippen molar-refractivity contribution in [2.24, 2.45) is 5.92 Å². The summed E-state index contributed by atoms with van der Waals surface area (Å²) in [5, 5.41) is 22.6. The van der Waals surface area contributed by atoms with Gasteiger partial charge in [0, 0.05) is 43.4 Å². The predicted octanol–water partition coefficient (Wildman–Crippen LogP) is 1.89. The summed E-state index contributed by atoms with van der Waals surface area (Å²) >= 11 is 5.75. The topological polar surface area (TPSA) is 112 Å². The van der Waals surface area contributed by atoms with Crippen LogP contribution in [0.4, 0.5) is 4.39 Å². The molecule has 1 spiro atoms. The van der Waals surface area contributed by atoms with Gasteiger partial charge in [-0.15, -0.1) is 0 Å². The summed E-state index contributed by atoms with van der Waals surface area (Å²) in [7, 11) is 0. The van der Waals surface area contributed by atoms with Crippen molar-refractivity contribution in [3.8, 4) is 5.75 Å². The Labute approximate surface area is 188 Å². The second kappa shape index (κ2) is 7.90. The first kappa shape index (κ1) is 22.3. The Morgan fingerprint density at radius 2 is 2.09 bits per heavy atom. The Kier molecular flexibility index (Phi) is 5.50. The summed E-state index contributed by atoms with van der Waals surface area (Å²) in [6.07, 6.45) is 1.82. The highest BCUT2D eigenvalue weighted by Crippen LogP contribution is 2.53. The van der Waals surface area contributed by atoms with E-state index in [1.54, 1.807) is 4.90 Å². The van der Waals surface area contributed by atoms with Crippen molar-refractivity contribution in [2.45, 2.75) is 44.9 Å². The van der Waals surface area contributed by atoms with Crippen molar-refractivity contribution >= 4 is 23.4 Å². The van der Waals surface area contributed by atoms with E-state index in [1.807, 2.05) is 13.8 Å². The molecule has 4 rings (SSSR count). The minimum Gasteiger partial charge on any atom is -0.503 e. The molecule has 8 nitrogen and oxygen atoms in total. The van der Waals surface area contributed by atoms with Crippen LogP contribution in [0.5, 0.6) is 5.75 Å². The summed E-state index contributed by atoms with van der Waals surface area (Å²) < 4.78 is 15.5. The molecule has 32 heavy (non-hydrogen) atoms. The normalized spacial score (nSPS) is 21.8. The number of amides is 2. The molecule has 1 aliphatic carbocycles. The molecule has 2 amide bonds. The number of nitrogens with zero attached hydrogens (tertiary/aromatic N) is 2. The number of aliphatic hydroxyl groups is 1. The number of hydrogen-bond acceptors (Lipinski definition) is 5. The Hall–Kier alpha value is -2.91. The van der Waals surface area contributed by atoms with Crippen LogP contribution in [0.3, 0.4) is 0 Å². The maximum Gasteiger partial charge on any atom is 0.275 e. The van der Waals surface area contributed by atoms with Crippen molar-refractivity contribution in [1.82, 2.24) is 14.8 Å². The van der Waals surface area contributed by atoms with Gasteiger partial charge in [0.05, 0.1) is 10.6 Å². The maximum absolute atomic E-state index is 14.1. The number of rotatable bonds is 5. The van der Waals surface area contributed by atoms with Crippen LogP contribution in [0.15, 0.2) is 29.2 Å². The Bertz CT molecular complexity index is 1180. The molecule has 1 aromatic heterocycles. The molecule has 0 bridgehead atoms. The molecule has 3 N–H and O–H groups in total. The zero-order valence-electron chi connectivity index (χ0n) is 17.6. The molecular formula is C22H23ClFN3O5. The molecule has 2 atom stereocenters. The minimum absolute atomic E-state index is 0.0929. The van der Waals surface area contributed by atoms with Gasteiger partial charge >= 0.3 is 0 Å². The smallest absolute Gasteiger partial charge is 0.275 e. The van der Waals surface area contributed by atoms with Gasteiger partial charge in [-0.2, -0.15) is 0 Å². The van der Waals surface area contributed by atoms with Crippen molar-refractivity contribution < 1.29 is 24.2 Å². The van der Waals surface area contributed by atoms with E-state index in [4.69, 9.17) is 11.6 Å². The second-order valence-corrected chi connectivity index (χ2v) is 8.96. The van der Waals surface area contributed by atoms with Crippen molar-refractivity contribution in [1.29, 1.82) is 0 Å². The third-order valence-corrected chi connectivity index (χ3v) is 6.55. The lowest BCUT2D eigenvalue weighted by Crippen LogP contribution is -2.55. The molecule has 1 saturated carbocycles. The quantitative estimate of drug-likeness (QED) is 0.627. The number of carbonyl (C=O) groups is 2. The first-order valence-corrected chi connectivity index (χ1v) is 10.6. The average Bonchev–Trinajstić information content (AvgIpc) is 3.43. The fourth-order valence-electron chi connectivity index (χ4n) is 4.64. The Balaban J connectivity index is 1.68. The molecule has 170 valence electrons. The van der Waals surface area contributed by atoms with Gasteiger partial charge in [0.25, 0.3) is 11.8 Å². The van der Waals surface area contributed by atoms with Crippen molar-refractivity contribution in [2.75, 3.05) is 6.61 Å². The summed E-state index contributed by atoms with van der Waals surface area (Å²) in [4.78, 5) is 40.2. The van der Waals surface area contributed by atoms with Gasteiger partial charge in [0.15, 0.2) is 11.4 Å². The molecule has 0 radical (unpaired) electrons. The summed E-state index contributed by atoms with van der Waals surface area (Å²) in [6, 6.07) is 4.15. The van der Waals surface area contributed by atoms with Crippen molar-refractivity contribution in [3.05, 3.63) is 62.3 Å². The molecule has 2 aromatic rings. The number of aliphatic hydroxyl groups excluding tert-OH is 1. The van der Waals surface area contributed by atoms with Crippen molar-refractivity contribution in [3.63, 3.8) is 0 Å². The molecule has 10 heteroatoms. The molecule has 1 aliphatic heterocycles. The third kappa shape index (κ3) is 3.36. The third-order valence-electron chi connectivity index (χ3n) is 6.25. The average molecular weight is 464 g/mol. The highest BCUT2D eigenvalue weighted by atomic mass is 35.5. The van der Waals surface area contributed by atoms with Crippen LogP contribution < -0.4 is 10.7 Å². The minimum atomic E-state index is -0.983. The van der Waals surface area contributed by atoms with Gasteiger partial charge in [0.2, 0.25) is 5.43 Å². The van der Waals surface area contributed by atoms with Crippen LogP contribution in [0.1, 0.15) is 46.7 Å². The lowest BCUT2D eigenvalue weighted by molar-refractivity contribution is 0.0394. The highest BCUT2D eigenvalue weighted by molar-refractivity contribution is 6.30. The van der Waals surface area contributed by atoms with Gasteiger partial charge < -0.3 is 25.0 Å². The zero-order valence-corrected chi connectivity index (χ0v) is 18.3. The van der Waals surface area contributed by atoms with E-state index in [2.05, 4.69) is 5.32 Å². The summed E-state index contributed by atoms with van der Waals surface area (Å²) in [5.41, 5.74) is -2.03. The summed E-state index contributed by atoms with van der Waals surface area (Å²) in [6.45, 7) is 3.57. The van der Waals surface area contributed by atoms with Gasteiger partial charge in [-0.1, -0.05) is 23.7 Å². The lowest BCUT2D eigenvalue weighted by Gasteiger charge is -2.42. The number of fused-ring (bicyclic) bond motifs is 1. The highest BCUT2D eigenvalue weighted by Gasteiger charge is 2.62. The number of carbonyl (C=O) groups excluding carboxylic acids is 2. The zero-order chi connectivity index (χ0) is 23.4. The predicted molar refractivity (Wildman–Crippen MR) is 114 cm³/mol. The van der Waals surface area contributed by atoms with E-state index in [1.165, 1.54) is 29.0 Å². The standard InChI is InChI=1S/C22H23ClFN3O5/c1-11(2)27-21(32)17-19(30)18(29)14(8-26(17)10-22(27)6-13(22)9-28)20(31)25-7-12-4-3-5-15(23)16(12)24/h3-5,8,11,13,28,30H,6-7,9-10H2,1-2H3,(H,25,31). The number of aromatic hydroxyl groups is 1. The van der Waals surface area contributed by atoms with E-state index >= 15 is 0 Å². The van der Waals surface area contributed by atoms with E-state index < -0.39 is 34.3 Å². The summed E-state index contributed by atoms with van der Waals surface area (Å²) in [5.74, 6) is -2.96. The van der Waals surface area contributed by atoms with E-state index in [-0.39, 0.29) is 53.5 Å². The number of nitrogens with one attached hydrogen (secondary N) is 1. The van der Waals surface area contributed by atoms with E-state index in [0.29, 0.717) is 6.42 Å². The number of hydrogen-bond donors (Lipinski definition) is 3. The monoisotopic (exact) mass is 463 g/mol. The Morgan fingerprint density at radius 1 is 1.38 bits per heavy atom. The van der Waals surface area contributed by atoms with Crippen LogP contribution in [-0.2, 0) is 13.1 Å². The van der Waals surface area contributed by atoms with Gasteiger partial charge in [-0.05, 0) is 26.3 Å². The molecule has 2 unspecified atom stereocenters. The molecular weight excluding hydrogens is 441 g/mol. The number of benzene rings is 1. The van der Waals surface area contributed by atoms with Crippen LogP contribution in [-0.4, -0.2) is 49.7 Å². The van der Waals surface area contributed by atoms with E-state index in [9.17, 15) is 29.0 Å². The van der Waals surface area contributed by atoms with Gasteiger partial charge in [0.1, 0.15) is 11.4 Å². The molecule has 1 aromatic carbocycles. The number of aromatic nitrogens is 1. The molecule has 0 saturated heterocycles. The van der Waals surface area contributed by atoms with Crippen LogP contribution in [0.2, 0.25) is 5.02 Å². The van der Waals surface area contributed by atoms with Crippen LogP contribution in [0, 0.1) is 11.7 Å². The van der Waals surface area contributed by atoms with Crippen LogP contribution >= 0.6 is 11.6 Å². The fourth-order valence-corrected chi connectivity index (χ4v) is 4.84. The lowest BCUT2D eigenvalue weighted by atomic mass is 10.0. The SMILES string of the molecule is CC(C)N1C(=O)c2c(O)c(=O)c(C(=O)NCc3cccc(Cl)c3F)cn2CC12CC2CO. The van der Waals surface area contributed by atoms with E-state index in [0.717, 1.165) is 0 Å². The fraction of sp³-hybridized carbons (Fsp3) is 0.409. The Morgan fingerprint density at radius 3 is 2.72 bits per heavy atom. The number of pyridine rings is 1. The first-order chi connectivity index (χ1) is 15.1. The second-order valence-electron chi connectivity index (χ2n) is 8.55. The largest absolute Gasteiger partial charge is 0.503 e. The van der Waals surface area contributed by atoms with Gasteiger partial charge in [-0.3, -0.25) is 14.4 Å². The van der Waals surface area contributed by atoms with Gasteiger partial charge in [-0.25, -0.2) is 4.39 Å². The molecule has 2 heterocycles. The molecule has 1 fully saturated rings. The number of halogens is 2. The first-order valence-electron chi connectivity index (χ1n) is 10.2. The molecule has 2 aliphatic rings. The van der Waals surface area contributed by atoms with Crippen LogP contribution in [0.25, 0.3) is 0 Å². The maximum atomic E-state index is 14.1.